The molecule has 1 saturated carbocycles. The van der Waals surface area contributed by atoms with Crippen LogP contribution in [0.4, 0.5) is 17.2 Å². The van der Waals surface area contributed by atoms with Gasteiger partial charge in [0.05, 0.1) is 0 Å². The van der Waals surface area contributed by atoms with Gasteiger partial charge >= 0.3 is 0 Å². The Balaban J connectivity index is 1.39. The Morgan fingerprint density at radius 2 is 2.04 bits per heavy atom. The third-order valence-electron chi connectivity index (χ3n) is 5.75. The molecule has 4 rings (SSSR count). The van der Waals surface area contributed by atoms with Crippen molar-refractivity contribution < 1.29 is 10.2 Å². The molecule has 1 atom stereocenters. The number of aromatic nitrogens is 2. The van der Waals surface area contributed by atoms with Gasteiger partial charge in [-0.05, 0) is 54.9 Å². The van der Waals surface area contributed by atoms with Crippen LogP contribution in [0.3, 0.4) is 0 Å². The molecular formula is C18H23N5O2. The number of piperidine rings is 1. The van der Waals surface area contributed by atoms with E-state index in [9.17, 15) is 10.2 Å². The van der Waals surface area contributed by atoms with Gasteiger partial charge in [-0.25, -0.2) is 0 Å². The SMILES string of the molecule is N=Cc1[nH]nc(Nc2ccc(N3CCC4(CC3)CC4CO)cc2)c1O. The van der Waals surface area contributed by atoms with Crippen LogP contribution in [0.2, 0.25) is 0 Å². The maximum absolute atomic E-state index is 9.91. The Labute approximate surface area is 146 Å². The van der Waals surface area contributed by atoms with E-state index in [1.54, 1.807) is 0 Å². The quantitative estimate of drug-likeness (QED) is 0.537. The van der Waals surface area contributed by atoms with Crippen molar-refractivity contribution in [1.29, 1.82) is 5.41 Å². The van der Waals surface area contributed by atoms with Crippen LogP contribution in [0.1, 0.15) is 25.0 Å². The molecule has 5 N–H and O–H groups in total. The fourth-order valence-corrected chi connectivity index (χ4v) is 3.94. The summed E-state index contributed by atoms with van der Waals surface area (Å²) in [5.41, 5.74) is 2.71. The molecule has 2 fully saturated rings. The molecule has 1 aromatic heterocycles. The second kappa shape index (κ2) is 6.07. The van der Waals surface area contributed by atoms with E-state index >= 15 is 0 Å². The molecule has 25 heavy (non-hydrogen) atoms. The number of benzene rings is 1. The van der Waals surface area contributed by atoms with Gasteiger partial charge in [-0.1, -0.05) is 0 Å². The number of rotatable bonds is 5. The zero-order valence-electron chi connectivity index (χ0n) is 14.0. The molecule has 0 amide bonds. The van der Waals surface area contributed by atoms with Crippen molar-refractivity contribution in [3.63, 3.8) is 0 Å². The lowest BCUT2D eigenvalue weighted by atomic mass is 9.90. The van der Waals surface area contributed by atoms with Crippen LogP contribution in [0.25, 0.3) is 0 Å². The van der Waals surface area contributed by atoms with Gasteiger partial charge in [0.2, 0.25) is 0 Å². The lowest BCUT2D eigenvalue weighted by molar-refractivity contribution is 0.232. The Morgan fingerprint density at radius 3 is 2.60 bits per heavy atom. The van der Waals surface area contributed by atoms with Gasteiger partial charge in [0, 0.05) is 37.3 Å². The molecule has 1 saturated heterocycles. The van der Waals surface area contributed by atoms with E-state index in [1.807, 2.05) is 12.1 Å². The van der Waals surface area contributed by atoms with E-state index in [0.717, 1.165) is 37.8 Å². The summed E-state index contributed by atoms with van der Waals surface area (Å²) >= 11 is 0. The standard InChI is InChI=1S/C18H23N5O2/c19-10-15-16(25)17(22-21-15)20-13-1-3-14(4-2-13)23-7-5-18(6-8-23)9-12(18)11-24/h1-4,10,12,19,24-25H,5-9,11H2,(H2,20,21,22). The molecule has 2 aromatic rings. The van der Waals surface area contributed by atoms with Crippen molar-refractivity contribution in [1.82, 2.24) is 10.2 Å². The molecule has 2 heterocycles. The number of hydrogen-bond donors (Lipinski definition) is 5. The predicted octanol–water partition coefficient (Wildman–Crippen LogP) is 2.46. The maximum Gasteiger partial charge on any atom is 0.195 e. The van der Waals surface area contributed by atoms with E-state index in [-0.39, 0.29) is 11.4 Å². The lowest BCUT2D eigenvalue weighted by Gasteiger charge is -2.34. The molecule has 1 aliphatic carbocycles. The third kappa shape index (κ3) is 2.84. The number of nitrogens with zero attached hydrogens (tertiary/aromatic N) is 2. The first-order chi connectivity index (χ1) is 12.1. The average molecular weight is 341 g/mol. The van der Waals surface area contributed by atoms with Gasteiger partial charge in [0.1, 0.15) is 5.69 Å². The highest BCUT2D eigenvalue weighted by Gasteiger charge is 2.54. The van der Waals surface area contributed by atoms with Crippen molar-refractivity contribution in [3.05, 3.63) is 30.0 Å². The van der Waals surface area contributed by atoms with E-state index in [2.05, 4.69) is 32.5 Å². The smallest absolute Gasteiger partial charge is 0.195 e. The number of aromatic hydroxyl groups is 1. The van der Waals surface area contributed by atoms with Crippen LogP contribution in [-0.2, 0) is 0 Å². The molecule has 1 aliphatic heterocycles. The summed E-state index contributed by atoms with van der Waals surface area (Å²) < 4.78 is 0. The summed E-state index contributed by atoms with van der Waals surface area (Å²) in [6.45, 7) is 2.40. The molecule has 0 bridgehead atoms. The lowest BCUT2D eigenvalue weighted by Crippen LogP contribution is -2.35. The Kier molecular flexibility index (Phi) is 3.88. The molecule has 0 radical (unpaired) electrons. The molecule has 1 spiro atoms. The van der Waals surface area contributed by atoms with Crippen molar-refractivity contribution in [3.8, 4) is 5.75 Å². The fraction of sp³-hybridized carbons (Fsp3) is 0.444. The van der Waals surface area contributed by atoms with E-state index in [4.69, 9.17) is 5.41 Å². The number of anilines is 3. The number of nitrogens with one attached hydrogen (secondary N) is 3. The largest absolute Gasteiger partial charge is 0.503 e. The molecule has 132 valence electrons. The molecule has 7 nitrogen and oxygen atoms in total. The zero-order chi connectivity index (χ0) is 17.4. The van der Waals surface area contributed by atoms with Crippen molar-refractivity contribution >= 4 is 23.4 Å². The first-order valence-electron chi connectivity index (χ1n) is 8.66. The minimum absolute atomic E-state index is 0.0525. The maximum atomic E-state index is 9.91. The average Bonchev–Trinajstić information content (AvgIpc) is 3.22. The highest BCUT2D eigenvalue weighted by molar-refractivity contribution is 5.82. The highest BCUT2D eigenvalue weighted by atomic mass is 16.3. The van der Waals surface area contributed by atoms with Crippen LogP contribution in [-0.4, -0.2) is 46.3 Å². The first kappa shape index (κ1) is 16.0. The summed E-state index contributed by atoms with van der Waals surface area (Å²) in [5, 5.41) is 36.0. The van der Waals surface area contributed by atoms with Crippen LogP contribution < -0.4 is 10.2 Å². The van der Waals surface area contributed by atoms with Gasteiger partial charge in [-0.15, -0.1) is 0 Å². The number of aliphatic hydroxyl groups is 1. The van der Waals surface area contributed by atoms with Crippen LogP contribution in [0, 0.1) is 16.7 Å². The van der Waals surface area contributed by atoms with Crippen LogP contribution >= 0.6 is 0 Å². The topological polar surface area (TPSA) is 108 Å². The number of aliphatic hydroxyl groups excluding tert-OH is 1. The van der Waals surface area contributed by atoms with Gasteiger partial charge in [0.25, 0.3) is 0 Å². The Hall–Kier alpha value is -2.54. The van der Waals surface area contributed by atoms with Gasteiger partial charge in [-0.2, -0.15) is 5.10 Å². The summed E-state index contributed by atoms with van der Waals surface area (Å²) in [6.07, 6.45) is 4.53. The number of H-pyrrole nitrogens is 1. The predicted molar refractivity (Wildman–Crippen MR) is 96.9 cm³/mol. The summed E-state index contributed by atoms with van der Waals surface area (Å²) in [4.78, 5) is 2.39. The fourth-order valence-electron chi connectivity index (χ4n) is 3.94. The van der Waals surface area contributed by atoms with Crippen molar-refractivity contribution in [2.24, 2.45) is 11.3 Å². The second-order valence-electron chi connectivity index (χ2n) is 7.08. The van der Waals surface area contributed by atoms with Crippen LogP contribution in [0.5, 0.6) is 5.75 Å². The highest BCUT2D eigenvalue weighted by Crippen LogP contribution is 2.59. The summed E-state index contributed by atoms with van der Waals surface area (Å²) in [6, 6.07) is 8.06. The Morgan fingerprint density at radius 1 is 1.32 bits per heavy atom. The zero-order valence-corrected chi connectivity index (χ0v) is 14.0. The van der Waals surface area contributed by atoms with E-state index in [1.165, 1.54) is 12.1 Å². The van der Waals surface area contributed by atoms with Crippen LogP contribution in [0.15, 0.2) is 24.3 Å². The number of hydrogen-bond acceptors (Lipinski definition) is 6. The van der Waals surface area contributed by atoms with Crippen molar-refractivity contribution in [2.45, 2.75) is 19.3 Å². The van der Waals surface area contributed by atoms with Gasteiger partial charge < -0.3 is 25.8 Å². The Bertz CT molecular complexity index is 762. The molecule has 1 aromatic carbocycles. The third-order valence-corrected chi connectivity index (χ3v) is 5.75. The summed E-state index contributed by atoms with van der Waals surface area (Å²) in [7, 11) is 0. The van der Waals surface area contributed by atoms with Crippen molar-refractivity contribution in [2.75, 3.05) is 29.9 Å². The minimum Gasteiger partial charge on any atom is -0.503 e. The van der Waals surface area contributed by atoms with Gasteiger partial charge in [0.15, 0.2) is 11.6 Å². The molecular weight excluding hydrogens is 318 g/mol. The molecule has 7 heteroatoms. The second-order valence-corrected chi connectivity index (χ2v) is 7.08. The normalized spacial score (nSPS) is 21.3. The molecule has 2 aliphatic rings. The monoisotopic (exact) mass is 341 g/mol. The van der Waals surface area contributed by atoms with E-state index in [0.29, 0.717) is 23.8 Å². The van der Waals surface area contributed by atoms with Gasteiger partial charge in [-0.3, -0.25) is 5.10 Å². The number of aromatic amines is 1. The van der Waals surface area contributed by atoms with E-state index < -0.39 is 0 Å². The minimum atomic E-state index is -0.0525. The molecule has 1 unspecified atom stereocenters. The first-order valence-corrected chi connectivity index (χ1v) is 8.66. The summed E-state index contributed by atoms with van der Waals surface area (Å²) in [5.74, 6) is 0.784.